The van der Waals surface area contributed by atoms with Gasteiger partial charge in [0.2, 0.25) is 0 Å². The van der Waals surface area contributed by atoms with Crippen LogP contribution in [0.15, 0.2) is 70.7 Å². The Hall–Kier alpha value is -2.75. The lowest BCUT2D eigenvalue weighted by Crippen LogP contribution is -2.16. The molecule has 0 radical (unpaired) electrons. The average molecular weight is 365 g/mol. The molecule has 0 saturated heterocycles. The molecule has 27 heavy (non-hydrogen) atoms. The second kappa shape index (κ2) is 10.4. The van der Waals surface area contributed by atoms with Gasteiger partial charge >= 0.3 is 0 Å². The van der Waals surface area contributed by atoms with Crippen LogP contribution in [-0.2, 0) is 6.54 Å². The highest BCUT2D eigenvalue weighted by Gasteiger charge is 2.08. The van der Waals surface area contributed by atoms with E-state index < -0.39 is 0 Å². The van der Waals surface area contributed by atoms with E-state index in [1.165, 1.54) is 28.6 Å². The first kappa shape index (κ1) is 20.6. The van der Waals surface area contributed by atoms with E-state index in [9.17, 15) is 0 Å². The summed E-state index contributed by atoms with van der Waals surface area (Å²) in [6, 6.07) is 6.54. The van der Waals surface area contributed by atoms with Crippen LogP contribution in [0, 0.1) is 6.92 Å². The SMILES string of the molecule is CC/C=C(/Nc1ccc(CNC2=C(C)C=CCC2)cc1C)C(C=CN)=NC. The molecule has 0 unspecified atom stereocenters. The zero-order valence-corrected chi connectivity index (χ0v) is 17.0. The van der Waals surface area contributed by atoms with Gasteiger partial charge in [0.05, 0.1) is 11.4 Å². The van der Waals surface area contributed by atoms with Gasteiger partial charge in [0.25, 0.3) is 0 Å². The largest absolute Gasteiger partial charge is 0.405 e. The van der Waals surface area contributed by atoms with Crippen LogP contribution in [0.2, 0.25) is 0 Å². The topological polar surface area (TPSA) is 62.4 Å². The zero-order valence-electron chi connectivity index (χ0n) is 17.0. The maximum Gasteiger partial charge on any atom is 0.0816 e. The molecule has 1 aromatic carbocycles. The number of aliphatic imine (C=N–C) groups is 1. The van der Waals surface area contributed by atoms with Crippen LogP contribution in [0.25, 0.3) is 0 Å². The molecule has 0 bridgehead atoms. The third kappa shape index (κ3) is 5.88. The van der Waals surface area contributed by atoms with Crippen LogP contribution in [0.1, 0.15) is 44.2 Å². The average Bonchev–Trinajstić information content (AvgIpc) is 2.67. The van der Waals surface area contributed by atoms with Gasteiger partial charge < -0.3 is 16.4 Å². The number of nitrogens with two attached hydrogens (primary N) is 1. The third-order valence-electron chi connectivity index (χ3n) is 4.65. The van der Waals surface area contributed by atoms with Crippen LogP contribution in [0.4, 0.5) is 5.69 Å². The quantitative estimate of drug-likeness (QED) is 0.571. The molecule has 0 spiro atoms. The number of anilines is 1. The summed E-state index contributed by atoms with van der Waals surface area (Å²) in [7, 11) is 1.78. The Bertz CT molecular complexity index is 795. The number of nitrogens with zero attached hydrogens (tertiary/aromatic N) is 1. The monoisotopic (exact) mass is 364 g/mol. The fraction of sp³-hybridized carbons (Fsp3) is 0.348. The molecule has 0 heterocycles. The van der Waals surface area contributed by atoms with Gasteiger partial charge in [0.1, 0.15) is 0 Å². The molecular weight excluding hydrogens is 332 g/mol. The van der Waals surface area contributed by atoms with Crippen LogP contribution in [-0.4, -0.2) is 12.8 Å². The second-order valence-electron chi connectivity index (χ2n) is 6.72. The predicted octanol–water partition coefficient (Wildman–Crippen LogP) is 4.96. The van der Waals surface area contributed by atoms with Crippen molar-refractivity contribution in [1.82, 2.24) is 5.32 Å². The number of benzene rings is 1. The van der Waals surface area contributed by atoms with Gasteiger partial charge in [-0.25, -0.2) is 0 Å². The molecule has 2 rings (SSSR count). The summed E-state index contributed by atoms with van der Waals surface area (Å²) in [5.41, 5.74) is 13.6. The molecule has 0 saturated carbocycles. The van der Waals surface area contributed by atoms with E-state index in [0.717, 1.165) is 42.9 Å². The maximum absolute atomic E-state index is 5.56. The van der Waals surface area contributed by atoms with Crippen molar-refractivity contribution in [3.8, 4) is 0 Å². The maximum atomic E-state index is 5.56. The van der Waals surface area contributed by atoms with Gasteiger partial charge in [-0.2, -0.15) is 0 Å². The Balaban J connectivity index is 2.11. The first-order chi connectivity index (χ1) is 13.1. The number of allylic oxidation sites excluding steroid dienone is 6. The van der Waals surface area contributed by atoms with E-state index in [1.54, 1.807) is 7.05 Å². The molecule has 0 aliphatic heterocycles. The molecular formula is C23H32N4. The summed E-state index contributed by atoms with van der Waals surface area (Å²) in [5, 5.41) is 7.10. The Labute approximate surface area is 163 Å². The third-order valence-corrected chi connectivity index (χ3v) is 4.65. The fourth-order valence-electron chi connectivity index (χ4n) is 3.14. The molecule has 0 aromatic heterocycles. The lowest BCUT2D eigenvalue weighted by atomic mass is 10.0. The number of rotatable bonds is 8. The molecule has 144 valence electrons. The number of nitrogens with one attached hydrogen (secondary N) is 2. The molecule has 4 N–H and O–H groups in total. The molecule has 0 amide bonds. The molecule has 4 heteroatoms. The standard InChI is InChI=1S/C23H32N4/c1-5-8-23(22(25-4)13-14-24)27-21-12-11-19(15-18(21)3)16-26-20-10-7-6-9-17(20)2/h6,8-9,11-15,26-27H,5,7,10,16,24H2,1-4H3/b14-13?,23-8+,25-22?. The zero-order chi connectivity index (χ0) is 19.6. The number of hydrogen-bond donors (Lipinski definition) is 3. The summed E-state index contributed by atoms with van der Waals surface area (Å²) in [6.45, 7) is 7.25. The summed E-state index contributed by atoms with van der Waals surface area (Å²) in [5.74, 6) is 0. The van der Waals surface area contributed by atoms with E-state index in [-0.39, 0.29) is 0 Å². The van der Waals surface area contributed by atoms with E-state index in [2.05, 4.69) is 72.8 Å². The Kier molecular flexibility index (Phi) is 7.93. The molecule has 1 aliphatic carbocycles. The summed E-state index contributed by atoms with van der Waals surface area (Å²) < 4.78 is 0. The smallest absolute Gasteiger partial charge is 0.0816 e. The minimum absolute atomic E-state index is 0.844. The molecule has 1 aromatic rings. The van der Waals surface area contributed by atoms with Gasteiger partial charge in [-0.05, 0) is 68.2 Å². The Morgan fingerprint density at radius 3 is 2.74 bits per heavy atom. The molecule has 0 fully saturated rings. The van der Waals surface area contributed by atoms with E-state index >= 15 is 0 Å². The first-order valence-corrected chi connectivity index (χ1v) is 9.61. The molecule has 4 nitrogen and oxygen atoms in total. The van der Waals surface area contributed by atoms with Gasteiger partial charge in [-0.15, -0.1) is 0 Å². The van der Waals surface area contributed by atoms with Crippen molar-refractivity contribution in [2.75, 3.05) is 12.4 Å². The van der Waals surface area contributed by atoms with Crippen LogP contribution < -0.4 is 16.4 Å². The second-order valence-corrected chi connectivity index (χ2v) is 6.72. The fourth-order valence-corrected chi connectivity index (χ4v) is 3.14. The molecule has 0 atom stereocenters. The van der Waals surface area contributed by atoms with Crippen molar-refractivity contribution < 1.29 is 0 Å². The number of aryl methyl sites for hydroxylation is 1. The lowest BCUT2D eigenvalue weighted by Gasteiger charge is -2.17. The van der Waals surface area contributed by atoms with Gasteiger partial charge in [-0.1, -0.05) is 37.3 Å². The van der Waals surface area contributed by atoms with Crippen molar-refractivity contribution in [2.45, 2.75) is 46.6 Å². The van der Waals surface area contributed by atoms with Crippen LogP contribution in [0.3, 0.4) is 0 Å². The van der Waals surface area contributed by atoms with Crippen molar-refractivity contribution in [3.05, 3.63) is 76.8 Å². The summed E-state index contributed by atoms with van der Waals surface area (Å²) in [4.78, 5) is 4.33. The summed E-state index contributed by atoms with van der Waals surface area (Å²) >= 11 is 0. The summed E-state index contributed by atoms with van der Waals surface area (Å²) in [6.07, 6.45) is 13.0. The van der Waals surface area contributed by atoms with E-state index in [0.29, 0.717) is 0 Å². The van der Waals surface area contributed by atoms with E-state index in [1.807, 2.05) is 6.08 Å². The first-order valence-electron chi connectivity index (χ1n) is 9.61. The van der Waals surface area contributed by atoms with Gasteiger partial charge in [0.15, 0.2) is 0 Å². The lowest BCUT2D eigenvalue weighted by molar-refractivity contribution is 0.734. The number of hydrogen-bond acceptors (Lipinski definition) is 4. The van der Waals surface area contributed by atoms with Crippen LogP contribution >= 0.6 is 0 Å². The minimum Gasteiger partial charge on any atom is -0.405 e. The van der Waals surface area contributed by atoms with Crippen molar-refractivity contribution >= 4 is 11.4 Å². The predicted molar refractivity (Wildman–Crippen MR) is 118 cm³/mol. The van der Waals surface area contributed by atoms with Crippen molar-refractivity contribution in [1.29, 1.82) is 0 Å². The highest BCUT2D eigenvalue weighted by atomic mass is 14.9. The van der Waals surface area contributed by atoms with Crippen molar-refractivity contribution in [3.63, 3.8) is 0 Å². The Morgan fingerprint density at radius 1 is 1.30 bits per heavy atom. The van der Waals surface area contributed by atoms with E-state index in [4.69, 9.17) is 5.73 Å². The minimum atomic E-state index is 0.844. The Morgan fingerprint density at radius 2 is 2.11 bits per heavy atom. The van der Waals surface area contributed by atoms with Gasteiger partial charge in [-0.3, -0.25) is 4.99 Å². The highest BCUT2D eigenvalue weighted by Crippen LogP contribution is 2.21. The highest BCUT2D eigenvalue weighted by molar-refractivity contribution is 6.10. The van der Waals surface area contributed by atoms with Gasteiger partial charge in [0, 0.05) is 25.0 Å². The van der Waals surface area contributed by atoms with Crippen LogP contribution in [0.5, 0.6) is 0 Å². The normalized spacial score (nSPS) is 15.6. The van der Waals surface area contributed by atoms with Crippen molar-refractivity contribution in [2.24, 2.45) is 10.7 Å². The molecule has 1 aliphatic rings.